The highest BCUT2D eigenvalue weighted by molar-refractivity contribution is 5.87. The Labute approximate surface area is 131 Å². The van der Waals surface area contributed by atoms with E-state index in [1.807, 2.05) is 0 Å². The number of rotatable bonds is 0. The van der Waals surface area contributed by atoms with E-state index < -0.39 is 5.79 Å². The molecule has 1 N–H and O–H groups in total. The lowest BCUT2D eigenvalue weighted by molar-refractivity contribution is -0.269. The Morgan fingerprint density at radius 3 is 2.73 bits per heavy atom. The molecule has 3 heteroatoms. The Hall–Kier alpha value is -0.410. The molecule has 1 spiro atoms. The van der Waals surface area contributed by atoms with Crippen molar-refractivity contribution in [1.29, 1.82) is 0 Å². The Balaban J connectivity index is 1.40. The second-order valence-corrected chi connectivity index (χ2v) is 9.57. The van der Waals surface area contributed by atoms with Crippen LogP contribution in [0.4, 0.5) is 0 Å². The third-order valence-electron chi connectivity index (χ3n) is 9.19. The molecule has 7 fully saturated rings. The molecule has 2 aliphatic heterocycles. The van der Waals surface area contributed by atoms with Gasteiger partial charge in [-0.1, -0.05) is 6.92 Å². The van der Waals surface area contributed by atoms with E-state index in [0.29, 0.717) is 35.1 Å². The summed E-state index contributed by atoms with van der Waals surface area (Å²) in [6.45, 7) is 2.26. The van der Waals surface area contributed by atoms with Gasteiger partial charge in [0.25, 0.3) is 0 Å². The van der Waals surface area contributed by atoms with Crippen molar-refractivity contribution in [3.8, 4) is 0 Å². The van der Waals surface area contributed by atoms with Gasteiger partial charge in [-0.15, -0.1) is 0 Å². The summed E-state index contributed by atoms with van der Waals surface area (Å²) in [6.07, 6.45) is 8.97. The van der Waals surface area contributed by atoms with Crippen molar-refractivity contribution in [3.05, 3.63) is 0 Å². The summed E-state index contributed by atoms with van der Waals surface area (Å²) in [4.78, 5) is 12.4. The molecule has 0 amide bonds. The van der Waals surface area contributed by atoms with Crippen molar-refractivity contribution in [2.45, 2.75) is 70.2 Å². The summed E-state index contributed by atoms with van der Waals surface area (Å²) in [6, 6.07) is 0. The van der Waals surface area contributed by atoms with Gasteiger partial charge in [-0.05, 0) is 61.7 Å². The molecule has 2 saturated heterocycles. The maximum Gasteiger partial charge on any atom is 0.166 e. The number of ether oxygens (including phenoxy) is 1. The number of carbonyl (C=O) groups excluding carboxylic acids is 1. The normalized spacial score (nSPS) is 67.5. The molecule has 7 rings (SSSR count). The second-order valence-electron chi connectivity index (χ2n) is 9.57. The van der Waals surface area contributed by atoms with Crippen LogP contribution in [0.5, 0.6) is 0 Å². The zero-order valence-corrected chi connectivity index (χ0v) is 13.4. The smallest absolute Gasteiger partial charge is 0.166 e. The number of fused-ring (bicyclic) bond motifs is 3. The van der Waals surface area contributed by atoms with Gasteiger partial charge in [0.2, 0.25) is 0 Å². The quantitative estimate of drug-likeness (QED) is 0.748. The Morgan fingerprint density at radius 2 is 1.95 bits per heavy atom. The lowest BCUT2D eigenvalue weighted by atomic mass is 9.48. The molecule has 2 heterocycles. The Kier molecular flexibility index (Phi) is 2.05. The minimum Gasteiger partial charge on any atom is -0.365 e. The zero-order valence-electron chi connectivity index (χ0n) is 13.4. The molecule has 120 valence electrons. The third kappa shape index (κ3) is 1.15. The van der Waals surface area contributed by atoms with Gasteiger partial charge in [-0.3, -0.25) is 4.79 Å². The van der Waals surface area contributed by atoms with Crippen LogP contribution in [0.15, 0.2) is 0 Å². The molecule has 1 unspecified atom stereocenters. The number of hydrogen-bond donors (Lipinski definition) is 1. The number of Topliss-reactive ketones (excluding diaryl/α,β-unsaturated/α-hetero) is 1. The molecule has 9 atom stereocenters. The lowest BCUT2D eigenvalue weighted by Gasteiger charge is -2.57. The van der Waals surface area contributed by atoms with Crippen molar-refractivity contribution in [1.82, 2.24) is 0 Å². The molecule has 0 aromatic carbocycles. The van der Waals surface area contributed by atoms with E-state index in [4.69, 9.17) is 4.74 Å². The first-order valence-corrected chi connectivity index (χ1v) is 9.42. The summed E-state index contributed by atoms with van der Waals surface area (Å²) >= 11 is 0. The highest BCUT2D eigenvalue weighted by Crippen LogP contribution is 2.81. The van der Waals surface area contributed by atoms with Crippen LogP contribution in [0, 0.1) is 40.4 Å². The van der Waals surface area contributed by atoms with Crippen LogP contribution in [-0.4, -0.2) is 22.8 Å². The number of carbonyl (C=O) groups is 1. The van der Waals surface area contributed by atoms with Gasteiger partial charge in [0.1, 0.15) is 5.78 Å². The van der Waals surface area contributed by atoms with Crippen LogP contribution in [0.25, 0.3) is 0 Å². The first kappa shape index (κ1) is 12.9. The van der Waals surface area contributed by atoms with Crippen molar-refractivity contribution in [2.24, 2.45) is 40.4 Å². The van der Waals surface area contributed by atoms with Gasteiger partial charge in [0, 0.05) is 30.1 Å². The molecule has 0 aromatic rings. The lowest BCUT2D eigenvalue weighted by Crippen LogP contribution is -2.55. The zero-order chi connectivity index (χ0) is 14.9. The van der Waals surface area contributed by atoms with Crippen molar-refractivity contribution < 1.29 is 14.6 Å². The highest BCUT2D eigenvalue weighted by atomic mass is 16.6. The van der Waals surface area contributed by atoms with Crippen LogP contribution < -0.4 is 0 Å². The minimum atomic E-state index is -0.777. The average Bonchev–Trinajstić information content (AvgIpc) is 2.80. The number of ketones is 1. The maximum absolute atomic E-state index is 12.4. The fourth-order valence-electron chi connectivity index (χ4n) is 8.41. The van der Waals surface area contributed by atoms with Gasteiger partial charge < -0.3 is 9.84 Å². The largest absolute Gasteiger partial charge is 0.365 e. The van der Waals surface area contributed by atoms with Gasteiger partial charge >= 0.3 is 0 Å². The molecule has 0 radical (unpaired) electrons. The predicted octanol–water partition coefficient (Wildman–Crippen LogP) is 2.91. The molecule has 0 aromatic heterocycles. The first-order chi connectivity index (χ1) is 10.5. The molecule has 5 saturated carbocycles. The van der Waals surface area contributed by atoms with E-state index in [-0.39, 0.29) is 5.41 Å². The van der Waals surface area contributed by atoms with Crippen LogP contribution in [0.3, 0.4) is 0 Å². The SMILES string of the molecule is C[C@]12CC[C@H]3[C@@H](CC[C@H]4C[C@@]5(O)C[C@H]6[C@H](O5)C436)[C@@H]1CCC2=O. The standard InChI is InChI=1S/C19H26O3/c1-17-7-6-13-11(12(17)4-5-15(17)20)3-2-10-8-18(21)9-14-16(22-18)19(10,13)14/h10-14,16,21H,2-9H2,1H3/t10-,11-,12-,13-,14-,16-,17-,18-,19?/m0/s1. The van der Waals surface area contributed by atoms with E-state index in [0.717, 1.165) is 43.9 Å². The average molecular weight is 302 g/mol. The van der Waals surface area contributed by atoms with Gasteiger partial charge in [0.05, 0.1) is 6.10 Å². The molecule has 3 nitrogen and oxygen atoms in total. The van der Waals surface area contributed by atoms with Gasteiger partial charge in [0.15, 0.2) is 5.79 Å². The summed E-state index contributed by atoms with van der Waals surface area (Å²) in [5.41, 5.74) is 0.394. The van der Waals surface area contributed by atoms with Crippen molar-refractivity contribution in [2.75, 3.05) is 0 Å². The second kappa shape index (κ2) is 3.49. The molecule has 7 aliphatic rings. The molecule has 22 heavy (non-hydrogen) atoms. The van der Waals surface area contributed by atoms with E-state index in [9.17, 15) is 9.90 Å². The van der Waals surface area contributed by atoms with Gasteiger partial charge in [-0.2, -0.15) is 0 Å². The van der Waals surface area contributed by atoms with Crippen molar-refractivity contribution >= 4 is 5.78 Å². The van der Waals surface area contributed by atoms with E-state index in [2.05, 4.69) is 6.92 Å². The van der Waals surface area contributed by atoms with Crippen LogP contribution in [0.2, 0.25) is 0 Å². The first-order valence-electron chi connectivity index (χ1n) is 9.42. The Bertz CT molecular complexity index is 571. The molecular weight excluding hydrogens is 276 g/mol. The third-order valence-corrected chi connectivity index (χ3v) is 9.19. The minimum absolute atomic E-state index is 0.00902. The Morgan fingerprint density at radius 1 is 1.09 bits per heavy atom. The predicted molar refractivity (Wildman–Crippen MR) is 79.8 cm³/mol. The molecule has 5 aliphatic carbocycles. The summed E-state index contributed by atoms with van der Waals surface area (Å²) < 4.78 is 6.08. The summed E-state index contributed by atoms with van der Waals surface area (Å²) in [5.74, 6) is 3.25. The van der Waals surface area contributed by atoms with E-state index in [1.165, 1.54) is 19.3 Å². The fraction of sp³-hybridized carbons (Fsp3) is 0.947. The van der Waals surface area contributed by atoms with Crippen LogP contribution >= 0.6 is 0 Å². The highest BCUT2D eigenvalue weighted by Gasteiger charge is 2.83. The maximum atomic E-state index is 12.4. The molecular formula is C19H26O3. The van der Waals surface area contributed by atoms with Crippen LogP contribution in [0.1, 0.15) is 58.3 Å². The van der Waals surface area contributed by atoms with E-state index >= 15 is 0 Å². The number of hydrogen-bond acceptors (Lipinski definition) is 3. The molecule has 4 bridgehead atoms. The fourth-order valence-corrected chi connectivity index (χ4v) is 8.41. The summed E-state index contributed by atoms with van der Waals surface area (Å²) in [7, 11) is 0. The monoisotopic (exact) mass is 302 g/mol. The van der Waals surface area contributed by atoms with Crippen molar-refractivity contribution in [3.63, 3.8) is 0 Å². The number of aliphatic hydroxyl groups is 1. The summed E-state index contributed by atoms with van der Waals surface area (Å²) in [5, 5.41) is 10.5. The van der Waals surface area contributed by atoms with Gasteiger partial charge in [-0.25, -0.2) is 0 Å². The topological polar surface area (TPSA) is 46.5 Å². The van der Waals surface area contributed by atoms with Crippen LogP contribution in [-0.2, 0) is 9.53 Å². The van der Waals surface area contributed by atoms with E-state index in [1.54, 1.807) is 0 Å².